The monoisotopic (exact) mass is 225 g/mol. The maximum atomic E-state index is 11.0. The zero-order valence-corrected chi connectivity index (χ0v) is 12.7. The second-order valence-corrected chi connectivity index (χ2v) is 4.05. The van der Waals surface area contributed by atoms with E-state index in [4.69, 9.17) is 5.11 Å². The first-order chi connectivity index (χ1) is 6.28. The molecule has 2 saturated heterocycles. The van der Waals surface area contributed by atoms with E-state index in [-0.39, 0.29) is 63.5 Å². The van der Waals surface area contributed by atoms with E-state index in [0.29, 0.717) is 6.04 Å². The van der Waals surface area contributed by atoms with Crippen molar-refractivity contribution in [1.29, 1.82) is 0 Å². The topological polar surface area (TPSA) is 46.5 Å². The Balaban J connectivity index is 0.000000531. The molecule has 2 fully saturated rings. The summed E-state index contributed by atoms with van der Waals surface area (Å²) in [5.41, 5.74) is 0.0966. The van der Waals surface area contributed by atoms with Crippen LogP contribution in [-0.2, 0) is 0 Å². The van der Waals surface area contributed by atoms with E-state index in [2.05, 4.69) is 11.8 Å². The largest absolute Gasteiger partial charge is 1.00 e. The molecule has 2 atom stereocenters. The first-order valence-electron chi connectivity index (χ1n) is 5.08. The van der Waals surface area contributed by atoms with Crippen molar-refractivity contribution < 1.29 is 61.6 Å². The van der Waals surface area contributed by atoms with Gasteiger partial charge in [0.2, 0.25) is 0 Å². The zero-order chi connectivity index (χ0) is 9.90. The first-order valence-corrected chi connectivity index (χ1v) is 5.08. The van der Waals surface area contributed by atoms with Gasteiger partial charge in [0.05, 0.1) is 0 Å². The summed E-state index contributed by atoms with van der Waals surface area (Å²) < 4.78 is 0. The van der Waals surface area contributed by atoms with Crippen molar-refractivity contribution in [3.63, 3.8) is 0 Å². The molecule has 3 nitrogen and oxygen atoms in total. The first kappa shape index (κ1) is 15.5. The summed E-state index contributed by atoms with van der Waals surface area (Å²) in [7, 11) is 1.00. The van der Waals surface area contributed by atoms with Gasteiger partial charge < -0.3 is 10.2 Å². The number of nitrogens with zero attached hydrogens (tertiary/aromatic N) is 1. The van der Waals surface area contributed by atoms with Crippen molar-refractivity contribution in [2.45, 2.75) is 44.2 Å². The van der Waals surface area contributed by atoms with Crippen LogP contribution in [0.4, 0.5) is 0 Å². The fourth-order valence-corrected chi connectivity index (χ4v) is 2.78. The molecular weight excluding hydrogens is 205 g/mol. The van der Waals surface area contributed by atoms with Crippen LogP contribution in [0.25, 0.3) is 0 Å². The van der Waals surface area contributed by atoms with E-state index in [1.807, 2.05) is 0 Å². The average Bonchev–Trinajstić information content (AvgIpc) is 2.72. The average molecular weight is 225 g/mol. The molecule has 0 saturated carbocycles. The number of rotatable bonds is 1. The van der Waals surface area contributed by atoms with Crippen molar-refractivity contribution in [2.75, 3.05) is 20.3 Å². The maximum Gasteiger partial charge on any atom is 1.00 e. The van der Waals surface area contributed by atoms with E-state index < -0.39 is 0 Å². The van der Waals surface area contributed by atoms with Crippen LogP contribution in [-0.4, -0.2) is 41.8 Å². The minimum absolute atomic E-state index is 0. The molecule has 0 amide bonds. The summed E-state index contributed by atoms with van der Waals surface area (Å²) in [4.78, 5) is 2.44. The Morgan fingerprint density at radius 3 is 2.57 bits per heavy atom. The van der Waals surface area contributed by atoms with E-state index in [1.165, 1.54) is 19.4 Å². The number of aliphatic hydroxyl groups is 1. The van der Waals surface area contributed by atoms with Gasteiger partial charge in [-0.15, -0.1) is 6.61 Å². The third-order valence-electron chi connectivity index (χ3n) is 3.48. The summed E-state index contributed by atoms with van der Waals surface area (Å²) in [5, 5.41) is 18.0. The molecule has 14 heavy (non-hydrogen) atoms. The molecule has 78 valence electrons. The Morgan fingerprint density at radius 2 is 2.07 bits per heavy atom. The SMILES string of the molecule is CC1CCC2(C[O-])CCCN12.CO.[K+]. The molecule has 0 radical (unpaired) electrons. The summed E-state index contributed by atoms with van der Waals surface area (Å²) in [6, 6.07) is 0.673. The normalized spacial score (nSPS) is 35.6. The molecule has 2 heterocycles. The molecule has 0 spiro atoms. The molecule has 1 N–H and O–H groups in total. The van der Waals surface area contributed by atoms with Gasteiger partial charge in [0.1, 0.15) is 0 Å². The Labute approximate surface area is 129 Å². The summed E-state index contributed by atoms with van der Waals surface area (Å²) >= 11 is 0. The maximum absolute atomic E-state index is 11.0. The summed E-state index contributed by atoms with van der Waals surface area (Å²) in [6.07, 6.45) is 4.79. The van der Waals surface area contributed by atoms with Gasteiger partial charge in [0.25, 0.3) is 0 Å². The van der Waals surface area contributed by atoms with Crippen molar-refractivity contribution in [1.82, 2.24) is 4.90 Å². The van der Waals surface area contributed by atoms with Crippen LogP contribution in [0.3, 0.4) is 0 Å². The van der Waals surface area contributed by atoms with Crippen LogP contribution >= 0.6 is 0 Å². The Hall–Kier alpha value is 1.52. The van der Waals surface area contributed by atoms with Gasteiger partial charge in [-0.2, -0.15) is 0 Å². The van der Waals surface area contributed by atoms with Crippen LogP contribution in [0, 0.1) is 0 Å². The third-order valence-corrected chi connectivity index (χ3v) is 3.48. The fraction of sp³-hybridized carbons (Fsp3) is 1.00. The second-order valence-electron chi connectivity index (χ2n) is 4.05. The van der Waals surface area contributed by atoms with Gasteiger partial charge in [-0.3, -0.25) is 4.90 Å². The van der Waals surface area contributed by atoms with Crippen LogP contribution in [0.15, 0.2) is 0 Å². The van der Waals surface area contributed by atoms with Gasteiger partial charge in [-0.05, 0) is 39.2 Å². The van der Waals surface area contributed by atoms with Gasteiger partial charge in [0.15, 0.2) is 0 Å². The minimum atomic E-state index is 0. The van der Waals surface area contributed by atoms with Gasteiger partial charge in [0, 0.05) is 18.7 Å². The van der Waals surface area contributed by atoms with Crippen LogP contribution < -0.4 is 56.5 Å². The number of fused-ring (bicyclic) bond motifs is 1. The predicted octanol–water partition coefficient (Wildman–Crippen LogP) is -3.02. The molecule has 4 heteroatoms. The van der Waals surface area contributed by atoms with Gasteiger partial charge in [-0.25, -0.2) is 0 Å². The van der Waals surface area contributed by atoms with Gasteiger partial charge >= 0.3 is 51.4 Å². The standard InChI is InChI=1S/C9H16NO.CH4O.K/c1-8-3-5-9(7-11)4-2-6-10(8)9;1-2;/h8H,2-7H2,1H3;2H,1H3;/q-1;;+1. The Morgan fingerprint density at radius 1 is 1.43 bits per heavy atom. The molecule has 2 unspecified atom stereocenters. The van der Waals surface area contributed by atoms with Crippen molar-refractivity contribution in [3.8, 4) is 0 Å². The third kappa shape index (κ3) is 2.80. The van der Waals surface area contributed by atoms with E-state index >= 15 is 0 Å². The number of hydrogen-bond donors (Lipinski definition) is 1. The quantitative estimate of drug-likeness (QED) is 0.483. The molecule has 2 aliphatic heterocycles. The van der Waals surface area contributed by atoms with Gasteiger partial charge in [-0.1, -0.05) is 0 Å². The van der Waals surface area contributed by atoms with Crippen molar-refractivity contribution in [2.24, 2.45) is 0 Å². The zero-order valence-electron chi connectivity index (χ0n) is 9.62. The van der Waals surface area contributed by atoms with Crippen molar-refractivity contribution in [3.05, 3.63) is 0 Å². The summed E-state index contributed by atoms with van der Waals surface area (Å²) in [5.74, 6) is 0. The van der Waals surface area contributed by atoms with Crippen LogP contribution in [0.1, 0.15) is 32.6 Å². The van der Waals surface area contributed by atoms with Crippen LogP contribution in [0.2, 0.25) is 0 Å². The van der Waals surface area contributed by atoms with Crippen LogP contribution in [0.5, 0.6) is 0 Å². The molecule has 0 aromatic rings. The molecule has 0 aromatic heterocycles. The molecule has 2 aliphatic rings. The van der Waals surface area contributed by atoms with E-state index in [9.17, 15) is 5.11 Å². The molecule has 0 aromatic carbocycles. The molecule has 2 rings (SSSR count). The smallest absolute Gasteiger partial charge is 0.853 e. The Bertz CT molecular complexity index is 168. The molecular formula is C10H20KNO2. The minimum Gasteiger partial charge on any atom is -0.853 e. The number of aliphatic hydroxyl groups excluding tert-OH is 1. The van der Waals surface area contributed by atoms with E-state index in [0.717, 1.165) is 20.0 Å². The molecule has 0 aliphatic carbocycles. The predicted molar refractivity (Wildman–Crippen MR) is 50.4 cm³/mol. The second kappa shape index (κ2) is 6.96. The fourth-order valence-electron chi connectivity index (χ4n) is 2.78. The van der Waals surface area contributed by atoms with Crippen molar-refractivity contribution >= 4 is 0 Å². The van der Waals surface area contributed by atoms with E-state index in [1.54, 1.807) is 0 Å². The molecule has 0 bridgehead atoms. The summed E-state index contributed by atoms with van der Waals surface area (Å²) in [6.45, 7) is 3.55. The Kier molecular flexibility index (Phi) is 7.72. The number of hydrogen-bond acceptors (Lipinski definition) is 3.